The molecular formula is C11H19N3O2. The van der Waals surface area contributed by atoms with Crippen molar-refractivity contribution in [1.82, 2.24) is 14.8 Å². The molecule has 1 aromatic rings. The Balaban J connectivity index is 2.71. The molecule has 1 heterocycles. The van der Waals surface area contributed by atoms with E-state index < -0.39 is 5.97 Å². The van der Waals surface area contributed by atoms with Crippen molar-refractivity contribution in [1.29, 1.82) is 0 Å². The van der Waals surface area contributed by atoms with Gasteiger partial charge in [0.15, 0.2) is 0 Å². The lowest BCUT2D eigenvalue weighted by atomic mass is 9.94. The van der Waals surface area contributed by atoms with E-state index in [1.807, 2.05) is 20.8 Å². The lowest BCUT2D eigenvalue weighted by Gasteiger charge is -2.14. The zero-order valence-corrected chi connectivity index (χ0v) is 10.1. The van der Waals surface area contributed by atoms with E-state index in [9.17, 15) is 4.79 Å². The second-order valence-corrected chi connectivity index (χ2v) is 4.36. The molecule has 0 saturated carbocycles. The smallest absolute Gasteiger partial charge is 0.306 e. The number of hydrogen-bond donors (Lipinski definition) is 1. The third-order valence-electron chi connectivity index (χ3n) is 2.53. The van der Waals surface area contributed by atoms with Crippen LogP contribution >= 0.6 is 0 Å². The van der Waals surface area contributed by atoms with Crippen molar-refractivity contribution >= 4 is 5.97 Å². The monoisotopic (exact) mass is 225 g/mol. The van der Waals surface area contributed by atoms with Gasteiger partial charge in [-0.05, 0) is 19.3 Å². The van der Waals surface area contributed by atoms with E-state index in [0.29, 0.717) is 18.8 Å². The van der Waals surface area contributed by atoms with E-state index in [4.69, 9.17) is 5.11 Å². The van der Waals surface area contributed by atoms with Crippen molar-refractivity contribution in [3.8, 4) is 0 Å². The van der Waals surface area contributed by atoms with Gasteiger partial charge in [0, 0.05) is 13.0 Å². The molecule has 5 heteroatoms. The number of aryl methyl sites for hydroxylation is 1. The number of carboxylic acids is 1. The highest BCUT2D eigenvalue weighted by atomic mass is 16.4. The Labute approximate surface area is 95.5 Å². The van der Waals surface area contributed by atoms with Crippen LogP contribution in [0.3, 0.4) is 0 Å². The Kier molecular flexibility index (Phi) is 4.46. The predicted molar refractivity (Wildman–Crippen MR) is 60.0 cm³/mol. The maximum absolute atomic E-state index is 11.1. The molecule has 16 heavy (non-hydrogen) atoms. The van der Waals surface area contributed by atoms with Crippen molar-refractivity contribution in [2.75, 3.05) is 0 Å². The van der Waals surface area contributed by atoms with Crippen LogP contribution in [0.2, 0.25) is 0 Å². The third kappa shape index (κ3) is 3.32. The molecule has 1 atom stereocenters. The normalized spacial score (nSPS) is 13.0. The van der Waals surface area contributed by atoms with Gasteiger partial charge >= 0.3 is 5.97 Å². The molecule has 1 rings (SSSR count). The van der Waals surface area contributed by atoms with Crippen LogP contribution in [0, 0.1) is 11.8 Å². The first-order valence-electron chi connectivity index (χ1n) is 5.64. The van der Waals surface area contributed by atoms with Gasteiger partial charge in [0.05, 0.1) is 5.92 Å². The molecule has 0 amide bonds. The summed E-state index contributed by atoms with van der Waals surface area (Å²) in [7, 11) is 0. The first-order valence-corrected chi connectivity index (χ1v) is 5.64. The summed E-state index contributed by atoms with van der Waals surface area (Å²) in [6, 6.07) is 0. The average molecular weight is 225 g/mol. The van der Waals surface area contributed by atoms with E-state index in [2.05, 4.69) is 10.1 Å². The topological polar surface area (TPSA) is 68.0 Å². The highest BCUT2D eigenvalue weighted by molar-refractivity contribution is 5.70. The molecule has 0 aliphatic heterocycles. The molecule has 0 spiro atoms. The average Bonchev–Trinajstić information content (AvgIpc) is 2.63. The van der Waals surface area contributed by atoms with Crippen LogP contribution in [0.15, 0.2) is 6.33 Å². The highest BCUT2D eigenvalue weighted by Crippen LogP contribution is 2.16. The van der Waals surface area contributed by atoms with Crippen molar-refractivity contribution in [2.45, 2.75) is 40.2 Å². The van der Waals surface area contributed by atoms with Gasteiger partial charge in [-0.2, -0.15) is 5.10 Å². The lowest BCUT2D eigenvalue weighted by molar-refractivity contribution is -0.142. The van der Waals surface area contributed by atoms with Gasteiger partial charge < -0.3 is 5.11 Å². The summed E-state index contributed by atoms with van der Waals surface area (Å²) in [5.74, 6) is 0.0171. The Morgan fingerprint density at radius 3 is 2.75 bits per heavy atom. The van der Waals surface area contributed by atoms with Crippen LogP contribution in [0.25, 0.3) is 0 Å². The van der Waals surface area contributed by atoms with Crippen molar-refractivity contribution in [3.63, 3.8) is 0 Å². The number of nitrogens with zero attached hydrogens (tertiary/aromatic N) is 3. The van der Waals surface area contributed by atoms with Crippen LogP contribution in [0.5, 0.6) is 0 Å². The summed E-state index contributed by atoms with van der Waals surface area (Å²) in [5, 5.41) is 13.2. The van der Waals surface area contributed by atoms with E-state index in [0.717, 1.165) is 12.4 Å². The van der Waals surface area contributed by atoms with Gasteiger partial charge in [-0.1, -0.05) is 13.8 Å². The maximum atomic E-state index is 11.1. The molecule has 0 bridgehead atoms. The molecule has 0 aliphatic carbocycles. The number of carbonyl (C=O) groups is 1. The van der Waals surface area contributed by atoms with E-state index in [1.54, 1.807) is 4.68 Å². The molecule has 0 aliphatic rings. The van der Waals surface area contributed by atoms with Crippen molar-refractivity contribution in [3.05, 3.63) is 12.2 Å². The standard InChI is InChI=1S/C11H19N3O2/c1-4-14-10(12-7-13-14)6-9(11(15)16)5-8(2)3/h7-9H,4-6H2,1-3H3,(H,15,16). The molecule has 0 fully saturated rings. The largest absolute Gasteiger partial charge is 0.481 e. The molecule has 1 aromatic heterocycles. The first-order chi connectivity index (χ1) is 7.54. The van der Waals surface area contributed by atoms with E-state index in [-0.39, 0.29) is 5.92 Å². The molecule has 0 aromatic carbocycles. The second kappa shape index (κ2) is 5.63. The fourth-order valence-electron chi connectivity index (χ4n) is 1.77. The number of carboxylic acid groups (broad SMARTS) is 1. The van der Waals surface area contributed by atoms with Crippen LogP contribution in [-0.2, 0) is 17.8 Å². The fraction of sp³-hybridized carbons (Fsp3) is 0.727. The van der Waals surface area contributed by atoms with Crippen molar-refractivity contribution < 1.29 is 9.90 Å². The highest BCUT2D eigenvalue weighted by Gasteiger charge is 2.21. The summed E-state index contributed by atoms with van der Waals surface area (Å²) in [4.78, 5) is 15.2. The Bertz CT molecular complexity index is 347. The van der Waals surface area contributed by atoms with Gasteiger partial charge in [0.25, 0.3) is 0 Å². The summed E-state index contributed by atoms with van der Waals surface area (Å²) >= 11 is 0. The summed E-state index contributed by atoms with van der Waals surface area (Å²) in [6.45, 7) is 6.75. The zero-order chi connectivity index (χ0) is 12.1. The molecule has 0 saturated heterocycles. The third-order valence-corrected chi connectivity index (χ3v) is 2.53. The summed E-state index contributed by atoms with van der Waals surface area (Å²) in [5.41, 5.74) is 0. The molecule has 1 unspecified atom stereocenters. The van der Waals surface area contributed by atoms with Gasteiger partial charge in [-0.15, -0.1) is 0 Å². The van der Waals surface area contributed by atoms with Crippen LogP contribution in [0.4, 0.5) is 0 Å². The van der Waals surface area contributed by atoms with Crippen LogP contribution in [0.1, 0.15) is 33.0 Å². The number of hydrogen-bond acceptors (Lipinski definition) is 3. The number of aromatic nitrogens is 3. The number of rotatable bonds is 6. The molecule has 1 N–H and O–H groups in total. The molecule has 0 radical (unpaired) electrons. The maximum Gasteiger partial charge on any atom is 0.306 e. The van der Waals surface area contributed by atoms with Crippen molar-refractivity contribution in [2.24, 2.45) is 11.8 Å². The SMILES string of the molecule is CCn1ncnc1CC(CC(C)C)C(=O)O. The minimum atomic E-state index is -0.751. The fourth-order valence-corrected chi connectivity index (χ4v) is 1.77. The van der Waals surface area contributed by atoms with E-state index >= 15 is 0 Å². The van der Waals surface area contributed by atoms with Gasteiger partial charge in [-0.3, -0.25) is 9.48 Å². The predicted octanol–water partition coefficient (Wildman–Crippen LogP) is 1.59. The minimum absolute atomic E-state index is 0.366. The van der Waals surface area contributed by atoms with Gasteiger partial charge in [-0.25, -0.2) is 4.98 Å². The van der Waals surface area contributed by atoms with Gasteiger partial charge in [0.1, 0.15) is 12.2 Å². The lowest BCUT2D eigenvalue weighted by Crippen LogP contribution is -2.21. The first kappa shape index (κ1) is 12.7. The summed E-state index contributed by atoms with van der Waals surface area (Å²) in [6.07, 6.45) is 2.61. The Morgan fingerprint density at radius 2 is 2.25 bits per heavy atom. The number of aliphatic carboxylic acids is 1. The van der Waals surface area contributed by atoms with Crippen LogP contribution in [-0.4, -0.2) is 25.8 Å². The van der Waals surface area contributed by atoms with E-state index in [1.165, 1.54) is 6.33 Å². The quantitative estimate of drug-likeness (QED) is 0.798. The molecular weight excluding hydrogens is 206 g/mol. The Morgan fingerprint density at radius 1 is 1.56 bits per heavy atom. The second-order valence-electron chi connectivity index (χ2n) is 4.36. The minimum Gasteiger partial charge on any atom is -0.481 e. The molecule has 5 nitrogen and oxygen atoms in total. The summed E-state index contributed by atoms with van der Waals surface area (Å²) < 4.78 is 1.75. The molecule has 90 valence electrons. The Hall–Kier alpha value is -1.39. The van der Waals surface area contributed by atoms with Gasteiger partial charge in [0.2, 0.25) is 0 Å². The van der Waals surface area contributed by atoms with Crippen LogP contribution < -0.4 is 0 Å². The zero-order valence-electron chi connectivity index (χ0n) is 10.1.